The van der Waals surface area contributed by atoms with Crippen LogP contribution in [0.1, 0.15) is 13.3 Å². The fraction of sp³-hybridized carbons (Fsp3) is 1.00. The van der Waals surface area contributed by atoms with Crippen LogP contribution in [0.5, 0.6) is 0 Å². The van der Waals surface area contributed by atoms with Crippen molar-refractivity contribution in [3.63, 3.8) is 0 Å². The lowest BCUT2D eigenvalue weighted by molar-refractivity contribution is -0.137. The summed E-state index contributed by atoms with van der Waals surface area (Å²) in [5.41, 5.74) is 0.312. The van der Waals surface area contributed by atoms with Gasteiger partial charge < -0.3 is 9.47 Å². The molecule has 1 saturated heterocycles. The van der Waals surface area contributed by atoms with Crippen LogP contribution in [-0.4, -0.2) is 31.8 Å². The molecule has 1 fully saturated rings. The lowest BCUT2D eigenvalue weighted by Gasteiger charge is -2.37. The van der Waals surface area contributed by atoms with Crippen molar-refractivity contribution in [2.75, 3.05) is 31.8 Å². The SMILES string of the molecule is CC1(COCCCBr)COC1. The molecule has 1 heterocycles. The van der Waals surface area contributed by atoms with Crippen LogP contribution in [0.25, 0.3) is 0 Å². The highest BCUT2D eigenvalue weighted by Crippen LogP contribution is 2.26. The topological polar surface area (TPSA) is 18.5 Å². The van der Waals surface area contributed by atoms with Gasteiger partial charge in [0.1, 0.15) is 0 Å². The van der Waals surface area contributed by atoms with Gasteiger partial charge in [0.2, 0.25) is 0 Å². The molecule has 1 aliphatic heterocycles. The molecule has 11 heavy (non-hydrogen) atoms. The zero-order valence-corrected chi connectivity index (χ0v) is 8.52. The van der Waals surface area contributed by atoms with E-state index in [1.165, 1.54) is 0 Å². The first-order valence-corrected chi connectivity index (χ1v) is 5.10. The fourth-order valence-corrected chi connectivity index (χ4v) is 1.24. The highest BCUT2D eigenvalue weighted by molar-refractivity contribution is 9.09. The molecule has 66 valence electrons. The molecule has 0 aromatic heterocycles. The molecule has 2 nitrogen and oxygen atoms in total. The third-order valence-corrected chi connectivity index (χ3v) is 2.33. The van der Waals surface area contributed by atoms with Crippen LogP contribution in [0.15, 0.2) is 0 Å². The van der Waals surface area contributed by atoms with Gasteiger partial charge in [-0.2, -0.15) is 0 Å². The van der Waals surface area contributed by atoms with E-state index < -0.39 is 0 Å². The van der Waals surface area contributed by atoms with Gasteiger partial charge in [-0.05, 0) is 6.42 Å². The average Bonchev–Trinajstić information content (AvgIpc) is 1.95. The van der Waals surface area contributed by atoms with E-state index in [0.717, 1.165) is 38.2 Å². The van der Waals surface area contributed by atoms with Crippen LogP contribution in [-0.2, 0) is 9.47 Å². The van der Waals surface area contributed by atoms with Crippen LogP contribution in [0, 0.1) is 5.41 Å². The number of hydrogen-bond acceptors (Lipinski definition) is 2. The number of halogens is 1. The van der Waals surface area contributed by atoms with Crippen molar-refractivity contribution in [3.8, 4) is 0 Å². The van der Waals surface area contributed by atoms with Crippen LogP contribution < -0.4 is 0 Å². The Kier molecular flexibility index (Phi) is 3.82. The van der Waals surface area contributed by atoms with Gasteiger partial charge in [-0.15, -0.1) is 0 Å². The van der Waals surface area contributed by atoms with E-state index in [-0.39, 0.29) is 0 Å². The maximum absolute atomic E-state index is 5.47. The predicted molar refractivity (Wildman–Crippen MR) is 48.2 cm³/mol. The van der Waals surface area contributed by atoms with Crippen molar-refractivity contribution >= 4 is 15.9 Å². The number of alkyl halides is 1. The first-order valence-electron chi connectivity index (χ1n) is 3.98. The van der Waals surface area contributed by atoms with Gasteiger partial charge in [0.05, 0.1) is 19.8 Å². The van der Waals surface area contributed by atoms with E-state index in [1.54, 1.807) is 0 Å². The van der Waals surface area contributed by atoms with Crippen molar-refractivity contribution in [3.05, 3.63) is 0 Å². The fourth-order valence-electron chi connectivity index (χ4n) is 1.01. The summed E-state index contributed by atoms with van der Waals surface area (Å²) in [7, 11) is 0. The van der Waals surface area contributed by atoms with Crippen molar-refractivity contribution < 1.29 is 9.47 Å². The Morgan fingerprint density at radius 2 is 2.27 bits per heavy atom. The molecule has 0 radical (unpaired) electrons. The number of rotatable bonds is 5. The van der Waals surface area contributed by atoms with Gasteiger partial charge in [0.25, 0.3) is 0 Å². The van der Waals surface area contributed by atoms with E-state index in [9.17, 15) is 0 Å². The Morgan fingerprint density at radius 1 is 1.55 bits per heavy atom. The summed E-state index contributed by atoms with van der Waals surface area (Å²) < 4.78 is 10.6. The molecule has 0 aromatic rings. The van der Waals surface area contributed by atoms with Crippen LogP contribution in [0.2, 0.25) is 0 Å². The second kappa shape index (κ2) is 4.43. The first-order chi connectivity index (χ1) is 5.27. The minimum absolute atomic E-state index is 0.312. The van der Waals surface area contributed by atoms with E-state index in [4.69, 9.17) is 9.47 Å². The van der Waals surface area contributed by atoms with Crippen molar-refractivity contribution in [2.24, 2.45) is 5.41 Å². The minimum atomic E-state index is 0.312. The Balaban J connectivity index is 1.94. The molecule has 0 amide bonds. The molecule has 1 aliphatic rings. The quantitative estimate of drug-likeness (QED) is 0.522. The van der Waals surface area contributed by atoms with Gasteiger partial charge in [0.15, 0.2) is 0 Å². The van der Waals surface area contributed by atoms with Gasteiger partial charge in [-0.25, -0.2) is 0 Å². The third-order valence-electron chi connectivity index (χ3n) is 1.77. The van der Waals surface area contributed by atoms with Gasteiger partial charge in [-0.1, -0.05) is 22.9 Å². The molecule has 0 unspecified atom stereocenters. The molecule has 0 aliphatic carbocycles. The third kappa shape index (κ3) is 3.09. The monoisotopic (exact) mass is 222 g/mol. The van der Waals surface area contributed by atoms with Crippen LogP contribution in [0.3, 0.4) is 0 Å². The second-order valence-corrected chi connectivity index (χ2v) is 4.19. The number of ether oxygens (including phenoxy) is 2. The van der Waals surface area contributed by atoms with Gasteiger partial charge in [0, 0.05) is 17.4 Å². The van der Waals surface area contributed by atoms with Crippen molar-refractivity contribution in [2.45, 2.75) is 13.3 Å². The molecular formula is C8H15BrO2. The molecule has 0 aromatic carbocycles. The van der Waals surface area contributed by atoms with E-state index in [2.05, 4.69) is 22.9 Å². The largest absolute Gasteiger partial charge is 0.381 e. The minimum Gasteiger partial charge on any atom is -0.381 e. The summed E-state index contributed by atoms with van der Waals surface area (Å²) in [4.78, 5) is 0. The lowest BCUT2D eigenvalue weighted by Crippen LogP contribution is -2.43. The molecule has 0 atom stereocenters. The van der Waals surface area contributed by atoms with Crippen LogP contribution in [0.4, 0.5) is 0 Å². The first kappa shape index (κ1) is 9.49. The van der Waals surface area contributed by atoms with Crippen molar-refractivity contribution in [1.82, 2.24) is 0 Å². The standard InChI is InChI=1S/C8H15BrO2/c1-8(6-11-7-8)5-10-4-2-3-9/h2-7H2,1H3. The lowest BCUT2D eigenvalue weighted by atomic mass is 9.90. The molecule has 3 heteroatoms. The maximum atomic E-state index is 5.47. The zero-order valence-electron chi connectivity index (χ0n) is 6.94. The van der Waals surface area contributed by atoms with E-state index in [0.29, 0.717) is 5.41 Å². The Labute approximate surface area is 76.4 Å². The molecule has 0 spiro atoms. The van der Waals surface area contributed by atoms with E-state index in [1.807, 2.05) is 0 Å². The summed E-state index contributed by atoms with van der Waals surface area (Å²) in [5, 5.41) is 1.03. The highest BCUT2D eigenvalue weighted by Gasteiger charge is 2.33. The van der Waals surface area contributed by atoms with Gasteiger partial charge in [-0.3, -0.25) is 0 Å². The van der Waals surface area contributed by atoms with Crippen molar-refractivity contribution in [1.29, 1.82) is 0 Å². The molecule has 0 bridgehead atoms. The summed E-state index contributed by atoms with van der Waals surface area (Å²) >= 11 is 3.36. The highest BCUT2D eigenvalue weighted by atomic mass is 79.9. The summed E-state index contributed by atoms with van der Waals surface area (Å²) in [6, 6.07) is 0. The molecule has 0 N–H and O–H groups in total. The smallest absolute Gasteiger partial charge is 0.0564 e. The normalized spacial score (nSPS) is 21.3. The molecule has 1 rings (SSSR count). The average molecular weight is 223 g/mol. The molecule has 0 saturated carbocycles. The summed E-state index contributed by atoms with van der Waals surface area (Å²) in [6.07, 6.45) is 1.09. The predicted octanol–water partition coefficient (Wildman–Crippen LogP) is 1.82. The number of hydrogen-bond donors (Lipinski definition) is 0. The Bertz CT molecular complexity index is 113. The molecular weight excluding hydrogens is 208 g/mol. The summed E-state index contributed by atoms with van der Waals surface area (Å²) in [6.45, 7) is 5.63. The van der Waals surface area contributed by atoms with Crippen LogP contribution >= 0.6 is 15.9 Å². The zero-order chi connectivity index (χ0) is 8.16. The van der Waals surface area contributed by atoms with Gasteiger partial charge >= 0.3 is 0 Å². The maximum Gasteiger partial charge on any atom is 0.0564 e. The second-order valence-electron chi connectivity index (χ2n) is 3.40. The Morgan fingerprint density at radius 3 is 2.73 bits per heavy atom. The summed E-state index contributed by atoms with van der Waals surface area (Å²) in [5.74, 6) is 0. The Hall–Kier alpha value is 0.400. The van der Waals surface area contributed by atoms with E-state index >= 15 is 0 Å².